The number of ketones is 1. The van der Waals surface area contributed by atoms with Crippen molar-refractivity contribution in [1.29, 1.82) is 0 Å². The quantitative estimate of drug-likeness (QED) is 0.408. The molecule has 4 saturated carbocycles. The van der Waals surface area contributed by atoms with Crippen LogP contribution >= 0.6 is 0 Å². The Bertz CT molecular complexity index is 618. The molecule has 0 amide bonds. The maximum atomic E-state index is 13.8. The summed E-state index contributed by atoms with van der Waals surface area (Å²) in [6.45, 7) is 20.1. The number of carbonyl (C=O) groups excluding carboxylic acids is 1. The Hall–Kier alpha value is -0.590. The van der Waals surface area contributed by atoms with Crippen molar-refractivity contribution in [1.82, 2.24) is 0 Å². The molecule has 0 aliphatic heterocycles. The van der Waals surface area contributed by atoms with Gasteiger partial charge in [0.25, 0.3) is 0 Å². The van der Waals surface area contributed by atoms with Crippen LogP contribution < -0.4 is 0 Å². The summed E-state index contributed by atoms with van der Waals surface area (Å²) in [5.41, 5.74) is 2.02. The molecule has 0 N–H and O–H groups in total. The van der Waals surface area contributed by atoms with Crippen LogP contribution in [0, 0.1) is 46.3 Å². The van der Waals surface area contributed by atoms with E-state index < -0.39 is 0 Å². The van der Waals surface area contributed by atoms with Crippen molar-refractivity contribution in [3.63, 3.8) is 0 Å². The zero-order chi connectivity index (χ0) is 23.4. The van der Waals surface area contributed by atoms with Crippen LogP contribution in [0.25, 0.3) is 0 Å². The van der Waals surface area contributed by atoms with Crippen LogP contribution in [-0.2, 0) is 4.79 Å². The highest BCUT2D eigenvalue weighted by atomic mass is 16.1. The second kappa shape index (κ2) is 11.0. The Labute approximate surface area is 195 Å². The van der Waals surface area contributed by atoms with Crippen LogP contribution in [0.3, 0.4) is 0 Å². The maximum Gasteiger partial charge on any atom is 0.162 e. The van der Waals surface area contributed by atoms with E-state index in [1.54, 1.807) is 0 Å². The lowest BCUT2D eigenvalue weighted by molar-refractivity contribution is -0.146. The Morgan fingerprint density at radius 2 is 1.58 bits per heavy atom. The van der Waals surface area contributed by atoms with Gasteiger partial charge in [0, 0.05) is 5.92 Å². The van der Waals surface area contributed by atoms with Crippen molar-refractivity contribution in [3.05, 3.63) is 11.6 Å². The molecule has 0 radical (unpaired) electrons. The highest BCUT2D eigenvalue weighted by Gasteiger charge is 2.63. The largest absolute Gasteiger partial charge is 0.294 e. The first-order valence-corrected chi connectivity index (χ1v) is 14.1. The average molecular weight is 431 g/mol. The summed E-state index contributed by atoms with van der Waals surface area (Å²) in [6, 6.07) is 0. The van der Waals surface area contributed by atoms with Crippen LogP contribution in [0.5, 0.6) is 0 Å². The number of hydrogen-bond acceptors (Lipinski definition) is 1. The number of Topliss-reactive ketones (excluding diaryl/α,β-unsaturated/α-hetero) is 1. The number of hydrogen-bond donors (Lipinski definition) is 0. The monoisotopic (exact) mass is 430 g/mol. The number of rotatable bonds is 3. The van der Waals surface area contributed by atoms with E-state index in [0.717, 1.165) is 11.8 Å². The van der Waals surface area contributed by atoms with Gasteiger partial charge < -0.3 is 0 Å². The van der Waals surface area contributed by atoms with Gasteiger partial charge in [0.1, 0.15) is 0 Å². The lowest BCUT2D eigenvalue weighted by atomic mass is 9.43. The second-order valence-corrected chi connectivity index (χ2v) is 11.1. The molecular formula is C30H54O. The van der Waals surface area contributed by atoms with Crippen molar-refractivity contribution in [2.24, 2.45) is 46.3 Å². The molecule has 0 aromatic heterocycles. The van der Waals surface area contributed by atoms with E-state index in [1.165, 1.54) is 69.8 Å². The van der Waals surface area contributed by atoms with Crippen molar-refractivity contribution in [2.75, 3.05) is 0 Å². The first-order valence-electron chi connectivity index (χ1n) is 14.1. The SMILES string of the molecule is C/C=C1/C(=O)C2C(CCC3(C)C2CCC3[C@H](C)CCC)C2(C)CCCCC12.CC.CC. The fourth-order valence-electron chi connectivity index (χ4n) is 8.90. The first-order chi connectivity index (χ1) is 14.9. The van der Waals surface area contributed by atoms with Gasteiger partial charge in [0.15, 0.2) is 5.78 Å². The third kappa shape index (κ3) is 4.33. The summed E-state index contributed by atoms with van der Waals surface area (Å²) in [4.78, 5) is 13.8. The molecule has 0 aromatic carbocycles. The van der Waals surface area contributed by atoms with Gasteiger partial charge in [0.2, 0.25) is 0 Å². The second-order valence-electron chi connectivity index (χ2n) is 11.1. The third-order valence-electron chi connectivity index (χ3n) is 10.1. The highest BCUT2D eigenvalue weighted by Crippen LogP contribution is 2.68. The van der Waals surface area contributed by atoms with Crippen LogP contribution in [0.15, 0.2) is 11.6 Å². The molecule has 1 nitrogen and oxygen atoms in total. The molecule has 4 fully saturated rings. The lowest BCUT2D eigenvalue weighted by Crippen LogP contribution is -2.57. The van der Waals surface area contributed by atoms with Crippen molar-refractivity contribution >= 4 is 5.78 Å². The van der Waals surface area contributed by atoms with Gasteiger partial charge >= 0.3 is 0 Å². The van der Waals surface area contributed by atoms with Crippen LogP contribution in [-0.4, -0.2) is 5.78 Å². The zero-order valence-electron chi connectivity index (χ0n) is 22.5. The van der Waals surface area contributed by atoms with Gasteiger partial charge in [-0.3, -0.25) is 4.79 Å². The van der Waals surface area contributed by atoms with E-state index in [2.05, 4.69) is 40.7 Å². The van der Waals surface area contributed by atoms with E-state index in [9.17, 15) is 4.79 Å². The third-order valence-corrected chi connectivity index (χ3v) is 10.1. The topological polar surface area (TPSA) is 17.1 Å². The van der Waals surface area contributed by atoms with Gasteiger partial charge in [0.05, 0.1) is 0 Å². The predicted octanol–water partition coefficient (Wildman–Crippen LogP) is 9.26. The minimum atomic E-state index is 0.327. The normalized spacial score (nSPS) is 43.5. The van der Waals surface area contributed by atoms with Crippen molar-refractivity contribution in [3.8, 4) is 0 Å². The van der Waals surface area contributed by atoms with Gasteiger partial charge in [-0.15, -0.1) is 0 Å². The molecule has 4 aliphatic rings. The minimum Gasteiger partial charge on any atom is -0.294 e. The standard InChI is InChI=1S/C26H42O.2C2H6/c1-6-10-17(3)19-12-13-21-23-22(14-16-26(19,21)5)25(4)15-9-8-11-20(25)18(7-2)24(23)27;2*1-2/h7,17,19-23H,6,8-16H2,1-5H3;2*1-2H3/b18-7+;;/t17-,19?,20?,21?,22?,23?,25?,26?;;/m1../s1. The fraction of sp³-hybridized carbons (Fsp3) is 0.900. The smallest absolute Gasteiger partial charge is 0.162 e. The number of carbonyl (C=O) groups is 1. The van der Waals surface area contributed by atoms with E-state index in [0.29, 0.717) is 40.3 Å². The summed E-state index contributed by atoms with van der Waals surface area (Å²) in [6.07, 6.45) is 15.5. The Balaban J connectivity index is 0.000000807. The summed E-state index contributed by atoms with van der Waals surface area (Å²) in [5, 5.41) is 0. The van der Waals surface area contributed by atoms with Crippen molar-refractivity contribution in [2.45, 2.75) is 127 Å². The fourth-order valence-corrected chi connectivity index (χ4v) is 8.90. The molecule has 0 spiro atoms. The summed E-state index contributed by atoms with van der Waals surface area (Å²) < 4.78 is 0. The molecule has 0 aromatic rings. The molecule has 4 aliphatic carbocycles. The first kappa shape index (κ1) is 26.7. The van der Waals surface area contributed by atoms with Gasteiger partial charge in [-0.1, -0.05) is 87.1 Å². The van der Waals surface area contributed by atoms with Gasteiger partial charge in [-0.05, 0) is 91.4 Å². The average Bonchev–Trinajstić information content (AvgIpc) is 3.14. The molecule has 31 heavy (non-hydrogen) atoms. The molecule has 0 heterocycles. The van der Waals surface area contributed by atoms with Crippen molar-refractivity contribution < 1.29 is 4.79 Å². The van der Waals surface area contributed by atoms with E-state index in [1.807, 2.05) is 27.7 Å². The molecule has 8 atom stereocenters. The number of fused-ring (bicyclic) bond motifs is 5. The maximum absolute atomic E-state index is 13.8. The molecule has 4 rings (SSSR count). The van der Waals surface area contributed by atoms with Crippen LogP contribution in [0.2, 0.25) is 0 Å². The summed E-state index contributed by atoms with van der Waals surface area (Å²) >= 11 is 0. The van der Waals surface area contributed by atoms with E-state index in [4.69, 9.17) is 0 Å². The molecule has 1 heteroatoms. The molecule has 7 unspecified atom stereocenters. The van der Waals surface area contributed by atoms with Crippen LogP contribution in [0.1, 0.15) is 127 Å². The Kier molecular flexibility index (Phi) is 9.48. The lowest BCUT2D eigenvalue weighted by Gasteiger charge is -2.60. The minimum absolute atomic E-state index is 0.327. The predicted molar refractivity (Wildman–Crippen MR) is 136 cm³/mol. The summed E-state index contributed by atoms with van der Waals surface area (Å²) in [5.74, 6) is 4.40. The van der Waals surface area contributed by atoms with Gasteiger partial charge in [-0.25, -0.2) is 0 Å². The van der Waals surface area contributed by atoms with Crippen LogP contribution in [0.4, 0.5) is 0 Å². The van der Waals surface area contributed by atoms with E-state index in [-0.39, 0.29) is 0 Å². The molecule has 180 valence electrons. The molecule has 0 saturated heterocycles. The number of allylic oxidation sites excluding steroid dienone is 2. The van der Waals surface area contributed by atoms with E-state index >= 15 is 0 Å². The molecule has 0 bridgehead atoms. The Morgan fingerprint density at radius 1 is 0.935 bits per heavy atom. The van der Waals surface area contributed by atoms with Gasteiger partial charge in [-0.2, -0.15) is 0 Å². The summed E-state index contributed by atoms with van der Waals surface area (Å²) in [7, 11) is 0. The Morgan fingerprint density at radius 3 is 2.19 bits per heavy atom. The molecular weight excluding hydrogens is 376 g/mol. The highest BCUT2D eigenvalue weighted by molar-refractivity contribution is 5.99. The zero-order valence-corrected chi connectivity index (χ0v) is 22.5.